The lowest BCUT2D eigenvalue weighted by molar-refractivity contribution is 0.0692. The SMILES string of the molecule is C#Cc1ccc2c(C(=O)O)n[nH]c2c1. The van der Waals surface area contributed by atoms with Crippen molar-refractivity contribution in [2.24, 2.45) is 0 Å². The number of aromatic carboxylic acids is 1. The number of nitrogens with one attached hydrogen (secondary N) is 1. The second-order valence-electron chi connectivity index (χ2n) is 2.78. The number of aromatic nitrogens is 2. The van der Waals surface area contributed by atoms with Crippen LogP contribution in [0.5, 0.6) is 0 Å². The topological polar surface area (TPSA) is 66.0 Å². The zero-order chi connectivity index (χ0) is 10.1. The molecule has 0 aliphatic carbocycles. The summed E-state index contributed by atoms with van der Waals surface area (Å²) in [7, 11) is 0. The molecule has 4 nitrogen and oxygen atoms in total. The smallest absolute Gasteiger partial charge is 0.357 e. The van der Waals surface area contributed by atoms with Gasteiger partial charge in [-0.2, -0.15) is 5.10 Å². The molecule has 2 rings (SSSR count). The van der Waals surface area contributed by atoms with Crippen molar-refractivity contribution in [2.45, 2.75) is 0 Å². The van der Waals surface area contributed by atoms with Gasteiger partial charge >= 0.3 is 5.97 Å². The summed E-state index contributed by atoms with van der Waals surface area (Å²) in [6.45, 7) is 0. The Morgan fingerprint density at radius 1 is 1.57 bits per heavy atom. The molecule has 68 valence electrons. The molecule has 0 aliphatic rings. The largest absolute Gasteiger partial charge is 0.476 e. The third kappa shape index (κ3) is 1.12. The van der Waals surface area contributed by atoms with E-state index in [0.29, 0.717) is 16.5 Å². The molecule has 0 saturated carbocycles. The van der Waals surface area contributed by atoms with Crippen LogP contribution >= 0.6 is 0 Å². The Morgan fingerprint density at radius 2 is 2.36 bits per heavy atom. The van der Waals surface area contributed by atoms with E-state index < -0.39 is 5.97 Å². The van der Waals surface area contributed by atoms with Gasteiger partial charge in [0, 0.05) is 10.9 Å². The highest BCUT2D eigenvalue weighted by Gasteiger charge is 2.11. The van der Waals surface area contributed by atoms with Crippen LogP contribution in [0.2, 0.25) is 0 Å². The van der Waals surface area contributed by atoms with Gasteiger partial charge in [-0.05, 0) is 18.2 Å². The number of carboxylic acid groups (broad SMARTS) is 1. The van der Waals surface area contributed by atoms with Crippen molar-refractivity contribution in [3.05, 3.63) is 29.5 Å². The predicted octanol–water partition coefficient (Wildman–Crippen LogP) is 1.24. The first-order valence-electron chi connectivity index (χ1n) is 3.90. The van der Waals surface area contributed by atoms with E-state index in [0.717, 1.165) is 0 Å². The van der Waals surface area contributed by atoms with E-state index in [9.17, 15) is 4.79 Å². The second-order valence-corrected chi connectivity index (χ2v) is 2.78. The first-order valence-corrected chi connectivity index (χ1v) is 3.90. The molecule has 0 bridgehead atoms. The van der Waals surface area contributed by atoms with Gasteiger partial charge in [-0.25, -0.2) is 4.79 Å². The molecular weight excluding hydrogens is 180 g/mol. The molecule has 0 saturated heterocycles. The van der Waals surface area contributed by atoms with Crippen LogP contribution in [-0.4, -0.2) is 21.3 Å². The van der Waals surface area contributed by atoms with E-state index >= 15 is 0 Å². The van der Waals surface area contributed by atoms with Crippen LogP contribution in [0.25, 0.3) is 10.9 Å². The summed E-state index contributed by atoms with van der Waals surface area (Å²) in [6, 6.07) is 5.02. The van der Waals surface area contributed by atoms with Crippen LogP contribution in [0, 0.1) is 12.3 Å². The Kier molecular flexibility index (Phi) is 1.72. The van der Waals surface area contributed by atoms with Crippen molar-refractivity contribution in [1.82, 2.24) is 10.2 Å². The number of H-pyrrole nitrogens is 1. The third-order valence-electron chi connectivity index (χ3n) is 1.93. The van der Waals surface area contributed by atoms with E-state index in [4.69, 9.17) is 11.5 Å². The van der Waals surface area contributed by atoms with E-state index in [-0.39, 0.29) is 5.69 Å². The molecular formula is C10H6N2O2. The Balaban J connectivity index is 2.73. The second kappa shape index (κ2) is 2.89. The lowest BCUT2D eigenvalue weighted by Crippen LogP contribution is -1.96. The van der Waals surface area contributed by atoms with E-state index in [1.807, 2.05) is 0 Å². The fourth-order valence-electron chi connectivity index (χ4n) is 1.27. The van der Waals surface area contributed by atoms with Gasteiger partial charge in [-0.15, -0.1) is 6.42 Å². The van der Waals surface area contributed by atoms with Gasteiger partial charge < -0.3 is 5.11 Å². The van der Waals surface area contributed by atoms with Crippen LogP contribution < -0.4 is 0 Å². The van der Waals surface area contributed by atoms with Gasteiger partial charge in [-0.1, -0.05) is 5.92 Å². The maximum atomic E-state index is 10.7. The maximum Gasteiger partial charge on any atom is 0.357 e. The van der Waals surface area contributed by atoms with Crippen LogP contribution in [0.3, 0.4) is 0 Å². The van der Waals surface area contributed by atoms with Crippen molar-refractivity contribution in [3.8, 4) is 12.3 Å². The van der Waals surface area contributed by atoms with Crippen molar-refractivity contribution in [1.29, 1.82) is 0 Å². The number of hydrogen-bond donors (Lipinski definition) is 2. The summed E-state index contributed by atoms with van der Waals surface area (Å²) < 4.78 is 0. The highest BCUT2D eigenvalue weighted by molar-refractivity contribution is 6.01. The minimum absolute atomic E-state index is 0.0172. The van der Waals surface area contributed by atoms with Crippen LogP contribution in [0.4, 0.5) is 0 Å². The Labute approximate surface area is 79.6 Å². The minimum Gasteiger partial charge on any atom is -0.476 e. The third-order valence-corrected chi connectivity index (χ3v) is 1.93. The van der Waals surface area contributed by atoms with E-state index in [2.05, 4.69) is 16.1 Å². The monoisotopic (exact) mass is 186 g/mol. The average Bonchev–Trinajstić information content (AvgIpc) is 2.59. The molecule has 0 amide bonds. The number of aromatic amines is 1. The summed E-state index contributed by atoms with van der Waals surface area (Å²) in [4.78, 5) is 10.7. The minimum atomic E-state index is -1.05. The van der Waals surface area contributed by atoms with E-state index in [1.54, 1.807) is 18.2 Å². The standard InChI is InChI=1S/C10H6N2O2/c1-2-6-3-4-7-8(5-6)11-12-9(7)10(13)14/h1,3-5H,(H,11,12)(H,13,14). The lowest BCUT2D eigenvalue weighted by Gasteiger charge is -1.91. The number of rotatable bonds is 1. The first-order chi connectivity index (χ1) is 6.72. The number of terminal acetylenes is 1. The molecule has 1 heterocycles. The Bertz CT molecular complexity index is 549. The zero-order valence-corrected chi connectivity index (χ0v) is 7.11. The molecule has 1 aromatic carbocycles. The number of carboxylic acids is 1. The molecule has 0 aliphatic heterocycles. The van der Waals surface area contributed by atoms with Gasteiger partial charge in [-0.3, -0.25) is 5.10 Å². The summed E-state index contributed by atoms with van der Waals surface area (Å²) >= 11 is 0. The predicted molar refractivity (Wildman–Crippen MR) is 51.0 cm³/mol. The first kappa shape index (κ1) is 8.32. The van der Waals surface area contributed by atoms with Crippen LogP contribution in [-0.2, 0) is 0 Å². The lowest BCUT2D eigenvalue weighted by atomic mass is 10.1. The van der Waals surface area contributed by atoms with Gasteiger partial charge in [0.25, 0.3) is 0 Å². The fraction of sp³-hybridized carbons (Fsp3) is 0. The highest BCUT2D eigenvalue weighted by Crippen LogP contribution is 2.16. The van der Waals surface area contributed by atoms with Gasteiger partial charge in [0.2, 0.25) is 0 Å². The van der Waals surface area contributed by atoms with Crippen LogP contribution in [0.15, 0.2) is 18.2 Å². The number of carbonyl (C=O) groups is 1. The fourth-order valence-corrected chi connectivity index (χ4v) is 1.27. The number of nitrogens with zero attached hydrogens (tertiary/aromatic N) is 1. The Hall–Kier alpha value is -2.28. The number of hydrogen-bond acceptors (Lipinski definition) is 2. The molecule has 4 heteroatoms. The van der Waals surface area contributed by atoms with Crippen LogP contribution in [0.1, 0.15) is 16.1 Å². The summed E-state index contributed by atoms with van der Waals surface area (Å²) in [6.07, 6.45) is 5.21. The average molecular weight is 186 g/mol. The normalized spacial score (nSPS) is 9.93. The molecule has 0 radical (unpaired) electrons. The molecule has 14 heavy (non-hydrogen) atoms. The summed E-state index contributed by atoms with van der Waals surface area (Å²) in [5.41, 5.74) is 1.35. The summed E-state index contributed by atoms with van der Waals surface area (Å²) in [5, 5.41) is 15.6. The maximum absolute atomic E-state index is 10.7. The molecule has 0 spiro atoms. The molecule has 2 N–H and O–H groups in total. The van der Waals surface area contributed by atoms with E-state index in [1.165, 1.54) is 0 Å². The molecule has 0 atom stereocenters. The van der Waals surface area contributed by atoms with Crippen molar-refractivity contribution in [3.63, 3.8) is 0 Å². The highest BCUT2D eigenvalue weighted by atomic mass is 16.4. The van der Waals surface area contributed by atoms with Crippen molar-refractivity contribution >= 4 is 16.9 Å². The quantitative estimate of drug-likeness (QED) is 0.658. The molecule has 0 fully saturated rings. The molecule has 0 unspecified atom stereocenters. The van der Waals surface area contributed by atoms with Gasteiger partial charge in [0.05, 0.1) is 5.52 Å². The van der Waals surface area contributed by atoms with Gasteiger partial charge in [0.1, 0.15) is 0 Å². The molecule has 1 aromatic heterocycles. The van der Waals surface area contributed by atoms with Gasteiger partial charge in [0.15, 0.2) is 5.69 Å². The van der Waals surface area contributed by atoms with Crippen molar-refractivity contribution < 1.29 is 9.90 Å². The van der Waals surface area contributed by atoms with Crippen molar-refractivity contribution in [2.75, 3.05) is 0 Å². The molecule has 2 aromatic rings. The summed E-state index contributed by atoms with van der Waals surface area (Å²) in [5.74, 6) is 1.41. The Morgan fingerprint density at radius 3 is 3.00 bits per heavy atom. The zero-order valence-electron chi connectivity index (χ0n) is 7.11. The number of fused-ring (bicyclic) bond motifs is 1. The number of benzene rings is 1.